The van der Waals surface area contributed by atoms with Gasteiger partial charge in [0, 0.05) is 5.39 Å². The van der Waals surface area contributed by atoms with Gasteiger partial charge in [-0.25, -0.2) is 0 Å². The van der Waals surface area contributed by atoms with E-state index in [1.54, 1.807) is 0 Å². The summed E-state index contributed by atoms with van der Waals surface area (Å²) in [6.07, 6.45) is -4.36. The van der Waals surface area contributed by atoms with Crippen molar-refractivity contribution in [1.82, 2.24) is 10.2 Å². The molecule has 1 heterocycles. The van der Waals surface area contributed by atoms with E-state index in [1.165, 1.54) is 12.1 Å². The van der Waals surface area contributed by atoms with Gasteiger partial charge in [-0.2, -0.15) is 18.3 Å². The first kappa shape index (κ1) is 9.51. The fourth-order valence-electron chi connectivity index (χ4n) is 1.27. The Morgan fingerprint density at radius 1 is 1.29 bits per heavy atom. The van der Waals surface area contributed by atoms with E-state index in [0.29, 0.717) is 5.52 Å². The third kappa shape index (κ3) is 1.39. The quantitative estimate of drug-likeness (QED) is 0.777. The van der Waals surface area contributed by atoms with Crippen LogP contribution in [0.25, 0.3) is 10.9 Å². The molecule has 14 heavy (non-hydrogen) atoms. The summed E-state index contributed by atoms with van der Waals surface area (Å²) in [7, 11) is 0. The van der Waals surface area contributed by atoms with Gasteiger partial charge < -0.3 is 0 Å². The zero-order valence-electron chi connectivity index (χ0n) is 6.69. The topological polar surface area (TPSA) is 28.7 Å². The lowest BCUT2D eigenvalue weighted by Crippen LogP contribution is -2.05. The van der Waals surface area contributed by atoms with Crippen LogP contribution in [0.3, 0.4) is 0 Å². The van der Waals surface area contributed by atoms with Gasteiger partial charge in [-0.05, 0) is 28.1 Å². The average Bonchev–Trinajstić information content (AvgIpc) is 2.46. The molecule has 0 aliphatic carbocycles. The number of rotatable bonds is 0. The Morgan fingerprint density at radius 3 is 2.64 bits per heavy atom. The number of aromatic nitrogens is 2. The third-order valence-corrected chi connectivity index (χ3v) is 2.42. The van der Waals surface area contributed by atoms with E-state index in [0.717, 1.165) is 6.07 Å². The molecule has 1 aromatic heterocycles. The molecule has 0 aliphatic heterocycles. The lowest BCUT2D eigenvalue weighted by molar-refractivity contribution is -0.136. The first-order valence-electron chi connectivity index (χ1n) is 3.70. The number of nitrogens with one attached hydrogen (secondary N) is 1. The maximum atomic E-state index is 12.5. The van der Waals surface area contributed by atoms with Gasteiger partial charge in [-0.1, -0.05) is 6.07 Å². The SMILES string of the molecule is FC(F)(F)c1cccc2n[nH]c(Br)c12. The maximum absolute atomic E-state index is 12.5. The van der Waals surface area contributed by atoms with Crippen LogP contribution in [0.2, 0.25) is 0 Å². The zero-order valence-corrected chi connectivity index (χ0v) is 8.28. The van der Waals surface area contributed by atoms with Crippen molar-refractivity contribution in [2.75, 3.05) is 0 Å². The summed E-state index contributed by atoms with van der Waals surface area (Å²) >= 11 is 2.99. The van der Waals surface area contributed by atoms with Crippen LogP contribution in [0.5, 0.6) is 0 Å². The molecule has 0 spiro atoms. The number of hydrogen-bond donors (Lipinski definition) is 1. The van der Waals surface area contributed by atoms with Gasteiger partial charge in [0.2, 0.25) is 0 Å². The molecule has 0 bridgehead atoms. The largest absolute Gasteiger partial charge is 0.417 e. The van der Waals surface area contributed by atoms with Crippen LogP contribution >= 0.6 is 15.9 Å². The van der Waals surface area contributed by atoms with Crippen molar-refractivity contribution < 1.29 is 13.2 Å². The summed E-state index contributed by atoms with van der Waals surface area (Å²) in [6, 6.07) is 3.88. The highest BCUT2D eigenvalue weighted by Crippen LogP contribution is 2.36. The molecule has 0 unspecified atom stereocenters. The number of alkyl halides is 3. The molecule has 0 atom stereocenters. The van der Waals surface area contributed by atoms with Crippen molar-refractivity contribution >= 4 is 26.8 Å². The molecule has 0 amide bonds. The summed E-state index contributed by atoms with van der Waals surface area (Å²) < 4.78 is 37.8. The number of H-pyrrole nitrogens is 1. The van der Waals surface area contributed by atoms with Crippen molar-refractivity contribution in [3.63, 3.8) is 0 Å². The Balaban J connectivity index is 2.82. The molecule has 2 aromatic rings. The van der Waals surface area contributed by atoms with Gasteiger partial charge in [-0.15, -0.1) is 0 Å². The summed E-state index contributed by atoms with van der Waals surface area (Å²) in [5, 5.41) is 6.25. The first-order chi connectivity index (χ1) is 6.50. The first-order valence-corrected chi connectivity index (χ1v) is 4.49. The highest BCUT2D eigenvalue weighted by atomic mass is 79.9. The second-order valence-corrected chi connectivity index (χ2v) is 3.53. The molecule has 0 saturated heterocycles. The number of halogens is 4. The van der Waals surface area contributed by atoms with Crippen molar-refractivity contribution in [1.29, 1.82) is 0 Å². The van der Waals surface area contributed by atoms with Crippen molar-refractivity contribution in [2.24, 2.45) is 0 Å². The zero-order chi connectivity index (χ0) is 10.3. The van der Waals surface area contributed by atoms with Gasteiger partial charge in [0.1, 0.15) is 4.60 Å². The van der Waals surface area contributed by atoms with Crippen LogP contribution in [-0.4, -0.2) is 10.2 Å². The maximum Gasteiger partial charge on any atom is 0.417 e. The van der Waals surface area contributed by atoms with Gasteiger partial charge in [0.15, 0.2) is 0 Å². The number of nitrogens with zero attached hydrogens (tertiary/aromatic N) is 1. The molecule has 0 saturated carbocycles. The number of fused-ring (bicyclic) bond motifs is 1. The van der Waals surface area contributed by atoms with Crippen LogP contribution < -0.4 is 0 Å². The third-order valence-electron chi connectivity index (χ3n) is 1.84. The van der Waals surface area contributed by atoms with E-state index >= 15 is 0 Å². The van der Waals surface area contributed by atoms with Crippen LogP contribution in [0.15, 0.2) is 22.8 Å². The van der Waals surface area contributed by atoms with E-state index < -0.39 is 11.7 Å². The van der Waals surface area contributed by atoms with E-state index in [-0.39, 0.29) is 9.99 Å². The van der Waals surface area contributed by atoms with E-state index in [9.17, 15) is 13.2 Å². The number of hydrogen-bond acceptors (Lipinski definition) is 1. The van der Waals surface area contributed by atoms with Crippen LogP contribution in [0, 0.1) is 0 Å². The summed E-state index contributed by atoms with van der Waals surface area (Å²) in [4.78, 5) is 0. The molecule has 1 aromatic carbocycles. The molecular formula is C8H4BrF3N2. The van der Waals surface area contributed by atoms with Gasteiger partial charge in [0.25, 0.3) is 0 Å². The Bertz CT molecular complexity index is 475. The standard InChI is InChI=1S/C8H4BrF3N2/c9-7-6-4(8(10,11)12)2-1-3-5(6)13-14-7/h1-3H,(H,13,14). The predicted molar refractivity (Wildman–Crippen MR) is 48.8 cm³/mol. The van der Waals surface area contributed by atoms with E-state index in [2.05, 4.69) is 26.1 Å². The Morgan fingerprint density at radius 2 is 2.00 bits per heavy atom. The summed E-state index contributed by atoms with van der Waals surface area (Å²) in [5.41, 5.74) is -0.387. The van der Waals surface area contributed by atoms with Crippen molar-refractivity contribution in [3.05, 3.63) is 28.4 Å². The fourth-order valence-corrected chi connectivity index (χ4v) is 1.77. The molecule has 74 valence electrons. The smallest absolute Gasteiger partial charge is 0.270 e. The molecule has 0 fully saturated rings. The van der Waals surface area contributed by atoms with Crippen LogP contribution in [0.1, 0.15) is 5.56 Å². The molecule has 6 heteroatoms. The fraction of sp³-hybridized carbons (Fsp3) is 0.125. The Kier molecular flexibility index (Phi) is 2.02. The molecule has 0 aliphatic rings. The monoisotopic (exact) mass is 264 g/mol. The van der Waals surface area contributed by atoms with Gasteiger partial charge in [0.05, 0.1) is 11.1 Å². The molecule has 1 N–H and O–H groups in total. The van der Waals surface area contributed by atoms with Crippen molar-refractivity contribution in [2.45, 2.75) is 6.18 Å². The summed E-state index contributed by atoms with van der Waals surface area (Å²) in [6.45, 7) is 0. The highest BCUT2D eigenvalue weighted by molar-refractivity contribution is 9.10. The normalized spacial score (nSPS) is 12.3. The predicted octanol–water partition coefficient (Wildman–Crippen LogP) is 3.34. The van der Waals surface area contributed by atoms with E-state index in [1.807, 2.05) is 0 Å². The number of aromatic amines is 1. The Hall–Kier alpha value is -1.04. The Labute approximate surface area is 85.2 Å². The molecule has 0 radical (unpaired) electrons. The minimum atomic E-state index is -4.36. The minimum absolute atomic E-state index is 0.0694. The highest BCUT2D eigenvalue weighted by Gasteiger charge is 2.33. The lowest BCUT2D eigenvalue weighted by Gasteiger charge is -2.07. The molecule has 2 nitrogen and oxygen atoms in total. The molecular weight excluding hydrogens is 261 g/mol. The lowest BCUT2D eigenvalue weighted by atomic mass is 10.1. The van der Waals surface area contributed by atoms with Gasteiger partial charge in [-0.3, -0.25) is 5.10 Å². The minimum Gasteiger partial charge on any atom is -0.270 e. The van der Waals surface area contributed by atoms with Crippen LogP contribution in [-0.2, 0) is 6.18 Å². The number of benzene rings is 1. The summed E-state index contributed by atoms with van der Waals surface area (Å²) in [5.74, 6) is 0. The van der Waals surface area contributed by atoms with E-state index in [4.69, 9.17) is 0 Å². The second-order valence-electron chi connectivity index (χ2n) is 2.74. The van der Waals surface area contributed by atoms with Crippen molar-refractivity contribution in [3.8, 4) is 0 Å². The van der Waals surface area contributed by atoms with Gasteiger partial charge >= 0.3 is 6.18 Å². The van der Waals surface area contributed by atoms with Crippen LogP contribution in [0.4, 0.5) is 13.2 Å². The molecule has 2 rings (SSSR count). The second kappa shape index (κ2) is 2.98. The average molecular weight is 265 g/mol.